The molecule has 0 unspecified atom stereocenters. The van der Waals surface area contributed by atoms with Gasteiger partial charge in [-0.3, -0.25) is 15.0 Å². The van der Waals surface area contributed by atoms with Crippen molar-refractivity contribution in [3.8, 4) is 0 Å². The van der Waals surface area contributed by atoms with Crippen molar-refractivity contribution >= 4 is 11.4 Å². The lowest BCUT2D eigenvalue weighted by atomic mass is 10.1. The van der Waals surface area contributed by atoms with Gasteiger partial charge in [0.25, 0.3) is 5.69 Å². The van der Waals surface area contributed by atoms with Crippen molar-refractivity contribution in [1.82, 2.24) is 25.1 Å². The molecular formula is C19H27N7O2. The summed E-state index contributed by atoms with van der Waals surface area (Å²) < 4.78 is 2.07. The van der Waals surface area contributed by atoms with Crippen LogP contribution in [0, 0.1) is 10.1 Å². The third-order valence-corrected chi connectivity index (χ3v) is 6.05. The van der Waals surface area contributed by atoms with Crippen molar-refractivity contribution in [3.63, 3.8) is 0 Å². The Labute approximate surface area is 164 Å². The van der Waals surface area contributed by atoms with Gasteiger partial charge in [-0.25, -0.2) is 4.68 Å². The van der Waals surface area contributed by atoms with Crippen LogP contribution in [0.1, 0.15) is 56.9 Å². The van der Waals surface area contributed by atoms with Gasteiger partial charge in [0.2, 0.25) is 0 Å². The number of nitro benzene ring substituents is 1. The summed E-state index contributed by atoms with van der Waals surface area (Å²) in [6.45, 7) is 5.82. The number of benzene rings is 1. The number of hydrogen-bond acceptors (Lipinski definition) is 7. The van der Waals surface area contributed by atoms with Crippen LogP contribution in [0.15, 0.2) is 24.3 Å². The molecule has 0 N–H and O–H groups in total. The van der Waals surface area contributed by atoms with Crippen molar-refractivity contribution in [1.29, 1.82) is 0 Å². The maximum atomic E-state index is 10.8. The largest absolute Gasteiger partial charge is 0.369 e. The maximum Gasteiger partial charge on any atom is 0.269 e. The molecule has 150 valence electrons. The Hall–Kier alpha value is -2.55. The summed E-state index contributed by atoms with van der Waals surface area (Å²) in [6, 6.07) is 7.51. The van der Waals surface area contributed by atoms with Gasteiger partial charge in [0.05, 0.1) is 17.0 Å². The van der Waals surface area contributed by atoms with Crippen molar-refractivity contribution < 1.29 is 4.92 Å². The van der Waals surface area contributed by atoms with Crippen LogP contribution in [-0.4, -0.2) is 56.2 Å². The van der Waals surface area contributed by atoms with Crippen molar-refractivity contribution in [3.05, 3.63) is 40.2 Å². The molecule has 0 amide bonds. The molecule has 0 bridgehead atoms. The highest BCUT2D eigenvalue weighted by atomic mass is 16.6. The fraction of sp³-hybridized carbons (Fsp3) is 0.632. The lowest BCUT2D eigenvalue weighted by molar-refractivity contribution is -0.384. The number of hydrogen-bond donors (Lipinski definition) is 0. The van der Waals surface area contributed by atoms with E-state index in [0.717, 1.165) is 44.1 Å². The minimum Gasteiger partial charge on any atom is -0.369 e. The summed E-state index contributed by atoms with van der Waals surface area (Å²) >= 11 is 0. The second-order valence-corrected chi connectivity index (χ2v) is 7.64. The highest BCUT2D eigenvalue weighted by molar-refractivity contribution is 5.51. The molecule has 1 saturated carbocycles. The number of aromatic nitrogens is 4. The Morgan fingerprint density at radius 1 is 1.14 bits per heavy atom. The topological polar surface area (TPSA) is 93.2 Å². The molecule has 0 radical (unpaired) electrons. The van der Waals surface area contributed by atoms with E-state index in [1.54, 1.807) is 12.1 Å². The summed E-state index contributed by atoms with van der Waals surface area (Å²) in [6.07, 6.45) is 5.83. The zero-order chi connectivity index (χ0) is 19.5. The highest BCUT2D eigenvalue weighted by Crippen LogP contribution is 2.33. The Morgan fingerprint density at radius 3 is 2.43 bits per heavy atom. The summed E-state index contributed by atoms with van der Waals surface area (Å²) in [5, 5.41) is 23.5. The van der Waals surface area contributed by atoms with E-state index in [0.29, 0.717) is 6.04 Å². The van der Waals surface area contributed by atoms with E-state index in [9.17, 15) is 10.1 Å². The van der Waals surface area contributed by atoms with Gasteiger partial charge in [0.1, 0.15) is 0 Å². The van der Waals surface area contributed by atoms with E-state index in [2.05, 4.69) is 36.9 Å². The first kappa shape index (κ1) is 18.8. The average Bonchev–Trinajstić information content (AvgIpc) is 3.41. The van der Waals surface area contributed by atoms with Crippen LogP contribution >= 0.6 is 0 Å². The first-order valence-electron chi connectivity index (χ1n) is 10.2. The smallest absolute Gasteiger partial charge is 0.269 e. The number of non-ortho nitro benzene ring substituents is 1. The van der Waals surface area contributed by atoms with Crippen LogP contribution < -0.4 is 4.90 Å². The lowest BCUT2D eigenvalue weighted by Crippen LogP contribution is -2.48. The van der Waals surface area contributed by atoms with Gasteiger partial charge < -0.3 is 4.90 Å². The standard InChI is InChI=1S/C19H27N7O2/c1-2-18(19-20-21-22-25(19)16-5-3-4-6-16)24-13-11-23(12-14-24)15-7-9-17(10-8-15)26(27)28/h7-10,16,18H,2-6,11-14H2,1H3/t18-/m0/s1. The Bertz CT molecular complexity index is 793. The van der Waals surface area contributed by atoms with Gasteiger partial charge in [-0.15, -0.1) is 5.10 Å². The molecule has 28 heavy (non-hydrogen) atoms. The van der Waals surface area contributed by atoms with Crippen molar-refractivity contribution in [2.24, 2.45) is 0 Å². The molecule has 9 heteroatoms. The van der Waals surface area contributed by atoms with Crippen molar-refractivity contribution in [2.75, 3.05) is 31.1 Å². The Morgan fingerprint density at radius 2 is 1.82 bits per heavy atom. The zero-order valence-electron chi connectivity index (χ0n) is 16.3. The first-order chi connectivity index (χ1) is 13.7. The van der Waals surface area contributed by atoms with E-state index in [-0.39, 0.29) is 16.7 Å². The lowest BCUT2D eigenvalue weighted by Gasteiger charge is -2.39. The second-order valence-electron chi connectivity index (χ2n) is 7.64. The predicted octanol–water partition coefficient (Wildman–Crippen LogP) is 2.97. The molecule has 4 rings (SSSR count). The fourth-order valence-corrected chi connectivity index (χ4v) is 4.51. The quantitative estimate of drug-likeness (QED) is 0.557. The number of nitro groups is 1. The Kier molecular flexibility index (Phi) is 5.52. The van der Waals surface area contributed by atoms with Crippen LogP contribution in [0.5, 0.6) is 0 Å². The molecule has 2 aliphatic rings. The molecular weight excluding hydrogens is 358 g/mol. The zero-order valence-corrected chi connectivity index (χ0v) is 16.3. The average molecular weight is 385 g/mol. The summed E-state index contributed by atoms with van der Waals surface area (Å²) in [4.78, 5) is 15.2. The SMILES string of the molecule is CC[C@@H](c1nnnn1C1CCCC1)N1CCN(c2ccc([N+](=O)[O-])cc2)CC1. The number of anilines is 1. The second kappa shape index (κ2) is 8.22. The van der Waals surface area contributed by atoms with E-state index in [1.807, 2.05) is 12.1 Å². The minimum atomic E-state index is -0.359. The molecule has 1 saturated heterocycles. The third-order valence-electron chi connectivity index (χ3n) is 6.05. The summed E-state index contributed by atoms with van der Waals surface area (Å²) in [5.41, 5.74) is 1.17. The van der Waals surface area contributed by atoms with Crippen LogP contribution in [0.4, 0.5) is 11.4 Å². The van der Waals surface area contributed by atoms with Crippen LogP contribution in [0.2, 0.25) is 0 Å². The van der Waals surface area contributed by atoms with Gasteiger partial charge in [0, 0.05) is 44.0 Å². The molecule has 2 fully saturated rings. The molecule has 1 aromatic heterocycles. The maximum absolute atomic E-state index is 10.8. The van der Waals surface area contributed by atoms with E-state index in [1.165, 1.54) is 25.7 Å². The molecule has 1 aromatic carbocycles. The number of piperazine rings is 1. The molecule has 1 aliphatic carbocycles. The van der Waals surface area contributed by atoms with Gasteiger partial charge >= 0.3 is 0 Å². The highest BCUT2D eigenvalue weighted by Gasteiger charge is 2.30. The first-order valence-corrected chi connectivity index (χ1v) is 10.2. The van der Waals surface area contributed by atoms with Gasteiger partial charge in [-0.05, 0) is 41.8 Å². The number of tetrazole rings is 1. The molecule has 1 aliphatic heterocycles. The van der Waals surface area contributed by atoms with Gasteiger partial charge in [-0.2, -0.15) is 0 Å². The summed E-state index contributed by atoms with van der Waals surface area (Å²) in [7, 11) is 0. The number of nitrogens with zero attached hydrogens (tertiary/aromatic N) is 7. The van der Waals surface area contributed by atoms with Crippen molar-refractivity contribution in [2.45, 2.75) is 51.1 Å². The fourth-order valence-electron chi connectivity index (χ4n) is 4.51. The van der Waals surface area contributed by atoms with Crippen LogP contribution in [0.3, 0.4) is 0 Å². The molecule has 9 nitrogen and oxygen atoms in total. The molecule has 2 aromatic rings. The van der Waals surface area contributed by atoms with E-state index >= 15 is 0 Å². The molecule has 0 spiro atoms. The number of rotatable bonds is 6. The molecule has 2 heterocycles. The van der Waals surface area contributed by atoms with Gasteiger partial charge in [0.15, 0.2) is 5.82 Å². The minimum absolute atomic E-state index is 0.132. The van der Waals surface area contributed by atoms with Crippen LogP contribution in [0.25, 0.3) is 0 Å². The van der Waals surface area contributed by atoms with E-state index < -0.39 is 0 Å². The van der Waals surface area contributed by atoms with E-state index in [4.69, 9.17) is 0 Å². The Balaban J connectivity index is 1.42. The summed E-state index contributed by atoms with van der Waals surface area (Å²) in [5.74, 6) is 0.998. The third kappa shape index (κ3) is 3.71. The normalized spacial score (nSPS) is 19.8. The monoisotopic (exact) mass is 385 g/mol. The van der Waals surface area contributed by atoms with Crippen LogP contribution in [-0.2, 0) is 0 Å². The molecule has 1 atom stereocenters. The predicted molar refractivity (Wildman–Crippen MR) is 105 cm³/mol. The van der Waals surface area contributed by atoms with Gasteiger partial charge in [-0.1, -0.05) is 19.8 Å².